The van der Waals surface area contributed by atoms with E-state index in [1.807, 2.05) is 20.8 Å². The number of esters is 1. The Bertz CT molecular complexity index is 237. The topological polar surface area (TPSA) is 52.3 Å². The van der Waals surface area contributed by atoms with Crippen molar-refractivity contribution in [2.75, 3.05) is 6.54 Å². The zero-order chi connectivity index (χ0) is 12.9. The Morgan fingerprint density at radius 3 is 2.18 bits per heavy atom. The molecule has 1 rings (SSSR count). The number of rotatable bonds is 4. The Morgan fingerprint density at radius 1 is 1.18 bits per heavy atom. The first kappa shape index (κ1) is 14.5. The molecule has 100 valence electrons. The van der Waals surface area contributed by atoms with E-state index in [2.05, 4.69) is 0 Å². The second kappa shape index (κ2) is 6.39. The summed E-state index contributed by atoms with van der Waals surface area (Å²) >= 11 is 0. The van der Waals surface area contributed by atoms with Gasteiger partial charge in [-0.25, -0.2) is 0 Å². The fourth-order valence-corrected chi connectivity index (χ4v) is 2.47. The molecule has 0 atom stereocenters. The predicted molar refractivity (Wildman–Crippen MR) is 69.6 cm³/mol. The number of carbonyl (C=O) groups is 1. The smallest absolute Gasteiger partial charge is 0.306 e. The highest BCUT2D eigenvalue weighted by atomic mass is 16.6. The summed E-state index contributed by atoms with van der Waals surface area (Å²) in [5, 5.41) is 0. The average Bonchev–Trinajstić information content (AvgIpc) is 2.25. The van der Waals surface area contributed by atoms with E-state index >= 15 is 0 Å². The van der Waals surface area contributed by atoms with Gasteiger partial charge in [-0.1, -0.05) is 12.8 Å². The molecule has 17 heavy (non-hydrogen) atoms. The van der Waals surface area contributed by atoms with Crippen LogP contribution in [-0.2, 0) is 9.53 Å². The van der Waals surface area contributed by atoms with Gasteiger partial charge < -0.3 is 10.5 Å². The second-order valence-corrected chi connectivity index (χ2v) is 6.25. The summed E-state index contributed by atoms with van der Waals surface area (Å²) in [6, 6.07) is 0. The zero-order valence-corrected chi connectivity index (χ0v) is 11.5. The molecule has 2 N–H and O–H groups in total. The Hall–Kier alpha value is -0.570. The molecule has 0 amide bonds. The molecule has 3 nitrogen and oxygen atoms in total. The van der Waals surface area contributed by atoms with Crippen LogP contribution in [0, 0.1) is 11.8 Å². The third-order valence-electron chi connectivity index (χ3n) is 3.48. The molecular formula is C14H27NO2. The van der Waals surface area contributed by atoms with Gasteiger partial charge in [0.15, 0.2) is 0 Å². The Labute approximate surface area is 105 Å². The van der Waals surface area contributed by atoms with Crippen LogP contribution in [0.4, 0.5) is 0 Å². The highest BCUT2D eigenvalue weighted by molar-refractivity contribution is 5.69. The maximum Gasteiger partial charge on any atom is 0.306 e. The average molecular weight is 241 g/mol. The molecule has 0 aromatic heterocycles. The molecule has 0 heterocycles. The Kier molecular flexibility index (Phi) is 5.44. The monoisotopic (exact) mass is 241 g/mol. The minimum atomic E-state index is -0.353. The lowest BCUT2D eigenvalue weighted by molar-refractivity contribution is -0.155. The van der Waals surface area contributed by atoms with Crippen molar-refractivity contribution in [2.45, 2.75) is 64.9 Å². The molecular weight excluding hydrogens is 214 g/mol. The van der Waals surface area contributed by atoms with Crippen LogP contribution in [0.5, 0.6) is 0 Å². The molecule has 1 aliphatic rings. The summed E-state index contributed by atoms with van der Waals surface area (Å²) in [5.41, 5.74) is 5.31. The van der Waals surface area contributed by atoms with Gasteiger partial charge in [-0.2, -0.15) is 0 Å². The molecule has 0 radical (unpaired) electrons. The van der Waals surface area contributed by atoms with Crippen molar-refractivity contribution in [1.29, 1.82) is 0 Å². The first-order chi connectivity index (χ1) is 7.90. The lowest BCUT2D eigenvalue weighted by Gasteiger charge is -2.27. The van der Waals surface area contributed by atoms with Gasteiger partial charge >= 0.3 is 5.97 Å². The van der Waals surface area contributed by atoms with Crippen LogP contribution in [0.3, 0.4) is 0 Å². The van der Waals surface area contributed by atoms with Crippen LogP contribution in [0.1, 0.15) is 59.3 Å². The van der Waals surface area contributed by atoms with Gasteiger partial charge in [-0.05, 0) is 58.4 Å². The van der Waals surface area contributed by atoms with Crippen molar-refractivity contribution in [3.05, 3.63) is 0 Å². The van der Waals surface area contributed by atoms with Gasteiger partial charge in [0.2, 0.25) is 0 Å². The fraction of sp³-hybridized carbons (Fsp3) is 0.929. The summed E-state index contributed by atoms with van der Waals surface area (Å²) < 4.78 is 5.31. The van der Waals surface area contributed by atoms with Gasteiger partial charge in [0.05, 0.1) is 0 Å². The molecule has 1 saturated carbocycles. The van der Waals surface area contributed by atoms with E-state index in [4.69, 9.17) is 10.5 Å². The van der Waals surface area contributed by atoms with Crippen LogP contribution in [0.2, 0.25) is 0 Å². The van der Waals surface area contributed by atoms with E-state index in [1.165, 1.54) is 25.7 Å². The summed E-state index contributed by atoms with van der Waals surface area (Å²) in [5.74, 6) is 1.36. The first-order valence-electron chi connectivity index (χ1n) is 6.82. The summed E-state index contributed by atoms with van der Waals surface area (Å²) in [4.78, 5) is 11.6. The number of hydrogen-bond donors (Lipinski definition) is 1. The van der Waals surface area contributed by atoms with Gasteiger partial charge in [-0.3, -0.25) is 4.79 Å². The number of carbonyl (C=O) groups excluding carboxylic acids is 1. The molecule has 0 bridgehead atoms. The zero-order valence-electron chi connectivity index (χ0n) is 11.5. The van der Waals surface area contributed by atoms with Gasteiger partial charge in [-0.15, -0.1) is 0 Å². The predicted octanol–water partition coefficient (Wildman–Crippen LogP) is 2.87. The van der Waals surface area contributed by atoms with Gasteiger partial charge in [0.25, 0.3) is 0 Å². The Morgan fingerprint density at radius 2 is 1.71 bits per heavy atom. The van der Waals surface area contributed by atoms with Crippen LogP contribution in [0.15, 0.2) is 0 Å². The molecule has 3 heteroatoms. The van der Waals surface area contributed by atoms with E-state index < -0.39 is 0 Å². The largest absolute Gasteiger partial charge is 0.460 e. The molecule has 0 spiro atoms. The van der Waals surface area contributed by atoms with Crippen molar-refractivity contribution >= 4 is 5.97 Å². The van der Waals surface area contributed by atoms with E-state index in [1.54, 1.807) is 0 Å². The van der Waals surface area contributed by atoms with E-state index in [-0.39, 0.29) is 11.6 Å². The minimum absolute atomic E-state index is 0.0570. The lowest BCUT2D eigenvalue weighted by atomic mass is 9.80. The third kappa shape index (κ3) is 6.06. The van der Waals surface area contributed by atoms with E-state index in [0.29, 0.717) is 18.3 Å². The molecule has 0 aromatic carbocycles. The number of hydrogen-bond acceptors (Lipinski definition) is 3. The second-order valence-electron chi connectivity index (χ2n) is 6.25. The lowest BCUT2D eigenvalue weighted by Crippen LogP contribution is -2.25. The van der Waals surface area contributed by atoms with Crippen LogP contribution in [-0.4, -0.2) is 18.1 Å². The van der Waals surface area contributed by atoms with Crippen molar-refractivity contribution in [3.8, 4) is 0 Å². The standard InChI is InChI=1S/C14H27NO2/c1-14(2,3)17-13(16)9-8-11-4-6-12(10-15)7-5-11/h11-12H,4-10,15H2,1-3H3. The third-order valence-corrected chi connectivity index (χ3v) is 3.48. The number of nitrogens with two attached hydrogens (primary N) is 1. The van der Waals surface area contributed by atoms with Crippen LogP contribution < -0.4 is 5.73 Å². The van der Waals surface area contributed by atoms with Crippen LogP contribution >= 0.6 is 0 Å². The van der Waals surface area contributed by atoms with E-state index in [9.17, 15) is 4.79 Å². The van der Waals surface area contributed by atoms with Crippen molar-refractivity contribution < 1.29 is 9.53 Å². The molecule has 0 unspecified atom stereocenters. The molecule has 0 aliphatic heterocycles. The minimum Gasteiger partial charge on any atom is -0.460 e. The molecule has 1 aliphatic carbocycles. The molecule has 1 fully saturated rings. The van der Waals surface area contributed by atoms with Crippen molar-refractivity contribution in [1.82, 2.24) is 0 Å². The molecule has 0 saturated heterocycles. The quantitative estimate of drug-likeness (QED) is 0.770. The first-order valence-corrected chi connectivity index (χ1v) is 6.82. The maximum absolute atomic E-state index is 11.6. The summed E-state index contributed by atoms with van der Waals surface area (Å²) in [6.45, 7) is 6.56. The normalized spacial score (nSPS) is 25.6. The summed E-state index contributed by atoms with van der Waals surface area (Å²) in [6.07, 6.45) is 6.46. The maximum atomic E-state index is 11.6. The van der Waals surface area contributed by atoms with E-state index in [0.717, 1.165) is 13.0 Å². The highest BCUT2D eigenvalue weighted by Gasteiger charge is 2.22. The Balaban J connectivity index is 2.17. The highest BCUT2D eigenvalue weighted by Crippen LogP contribution is 2.31. The van der Waals surface area contributed by atoms with Gasteiger partial charge in [0.1, 0.15) is 5.60 Å². The van der Waals surface area contributed by atoms with Gasteiger partial charge in [0, 0.05) is 6.42 Å². The number of ether oxygens (including phenoxy) is 1. The SMILES string of the molecule is CC(C)(C)OC(=O)CCC1CCC(CN)CC1. The molecule has 0 aromatic rings. The van der Waals surface area contributed by atoms with Crippen molar-refractivity contribution in [2.24, 2.45) is 17.6 Å². The summed E-state index contributed by atoms with van der Waals surface area (Å²) in [7, 11) is 0. The fourth-order valence-electron chi connectivity index (χ4n) is 2.47. The van der Waals surface area contributed by atoms with Crippen molar-refractivity contribution in [3.63, 3.8) is 0 Å². The van der Waals surface area contributed by atoms with Crippen LogP contribution in [0.25, 0.3) is 0 Å².